The van der Waals surface area contributed by atoms with E-state index in [4.69, 9.17) is 11.6 Å². The fourth-order valence-electron chi connectivity index (χ4n) is 1.62. The normalized spacial score (nSPS) is 12.1. The van der Waals surface area contributed by atoms with Gasteiger partial charge in [-0.25, -0.2) is 0 Å². The number of aliphatic hydroxyl groups excluding tert-OH is 1. The van der Waals surface area contributed by atoms with Gasteiger partial charge in [0.05, 0.1) is 11.0 Å². The minimum absolute atomic E-state index is 0.0197. The molecule has 0 aromatic heterocycles. The third-order valence-electron chi connectivity index (χ3n) is 2.71. The Kier molecular flexibility index (Phi) is 5.00. The van der Waals surface area contributed by atoms with E-state index < -0.39 is 11.0 Å². The quantitative estimate of drug-likeness (QED) is 0.513. The summed E-state index contributed by atoms with van der Waals surface area (Å²) in [5.41, 5.74) is 0.684. The van der Waals surface area contributed by atoms with E-state index >= 15 is 0 Å². The smallest absolute Gasteiger partial charge is 0.269 e. The average molecular weight is 310 g/mol. The largest absolute Gasteiger partial charge is 0.388 e. The molecular formula is C14H12ClNO3S. The second-order valence-electron chi connectivity index (χ2n) is 4.13. The molecule has 1 unspecified atom stereocenters. The summed E-state index contributed by atoms with van der Waals surface area (Å²) < 4.78 is 0. The number of hydrogen-bond acceptors (Lipinski definition) is 4. The number of nitro groups is 1. The number of thioether (sulfide) groups is 1. The van der Waals surface area contributed by atoms with Crippen molar-refractivity contribution in [2.24, 2.45) is 0 Å². The van der Waals surface area contributed by atoms with E-state index in [0.717, 1.165) is 4.90 Å². The molecule has 4 nitrogen and oxygen atoms in total. The van der Waals surface area contributed by atoms with Gasteiger partial charge in [-0.2, -0.15) is 0 Å². The lowest BCUT2D eigenvalue weighted by atomic mass is 10.1. The molecule has 0 spiro atoms. The van der Waals surface area contributed by atoms with Crippen LogP contribution < -0.4 is 0 Å². The molecule has 2 aromatic rings. The Morgan fingerprint density at radius 1 is 1.15 bits per heavy atom. The minimum atomic E-state index is -0.670. The number of nitrogens with zero attached hydrogens (tertiary/aromatic N) is 1. The monoisotopic (exact) mass is 309 g/mol. The highest BCUT2D eigenvalue weighted by atomic mass is 35.5. The van der Waals surface area contributed by atoms with Crippen molar-refractivity contribution in [3.63, 3.8) is 0 Å². The van der Waals surface area contributed by atoms with Gasteiger partial charge in [-0.05, 0) is 42.0 Å². The second kappa shape index (κ2) is 6.74. The number of aliphatic hydroxyl groups is 1. The van der Waals surface area contributed by atoms with Crippen molar-refractivity contribution >= 4 is 29.1 Å². The van der Waals surface area contributed by atoms with Crippen molar-refractivity contribution in [3.05, 3.63) is 69.2 Å². The molecule has 104 valence electrons. The lowest BCUT2D eigenvalue weighted by Crippen LogP contribution is -2.00. The molecule has 0 saturated carbocycles. The molecule has 0 fully saturated rings. The van der Waals surface area contributed by atoms with Crippen LogP contribution in [-0.2, 0) is 0 Å². The van der Waals surface area contributed by atoms with Crippen LogP contribution in [0.1, 0.15) is 11.7 Å². The topological polar surface area (TPSA) is 63.4 Å². The predicted octanol–water partition coefficient (Wildman–Crippen LogP) is 4.07. The van der Waals surface area contributed by atoms with Crippen molar-refractivity contribution in [1.82, 2.24) is 0 Å². The van der Waals surface area contributed by atoms with Gasteiger partial charge in [-0.1, -0.05) is 11.6 Å². The van der Waals surface area contributed by atoms with Crippen LogP contribution in [0.3, 0.4) is 0 Å². The molecule has 0 amide bonds. The molecule has 6 heteroatoms. The van der Waals surface area contributed by atoms with Gasteiger partial charge in [-0.3, -0.25) is 10.1 Å². The molecule has 0 radical (unpaired) electrons. The van der Waals surface area contributed by atoms with Crippen LogP contribution in [0.2, 0.25) is 5.02 Å². The van der Waals surface area contributed by atoms with Crippen LogP contribution in [0.15, 0.2) is 53.4 Å². The van der Waals surface area contributed by atoms with Gasteiger partial charge in [-0.15, -0.1) is 11.8 Å². The van der Waals surface area contributed by atoms with E-state index in [1.165, 1.54) is 23.9 Å². The molecule has 0 bridgehead atoms. The number of rotatable bonds is 5. The van der Waals surface area contributed by atoms with Crippen LogP contribution in [-0.4, -0.2) is 15.8 Å². The van der Waals surface area contributed by atoms with Gasteiger partial charge >= 0.3 is 0 Å². The summed E-state index contributed by atoms with van der Waals surface area (Å²) in [7, 11) is 0. The predicted molar refractivity (Wildman–Crippen MR) is 80.2 cm³/mol. The van der Waals surface area contributed by atoms with Gasteiger partial charge in [0.1, 0.15) is 0 Å². The van der Waals surface area contributed by atoms with Gasteiger partial charge in [0.2, 0.25) is 0 Å². The molecule has 20 heavy (non-hydrogen) atoms. The standard InChI is InChI=1S/C14H12ClNO3S/c15-11-3-7-13(8-4-11)20-9-14(17)10-1-5-12(6-2-10)16(18)19/h1-8,14,17H,9H2. The van der Waals surface area contributed by atoms with Gasteiger partial charge in [0, 0.05) is 27.8 Å². The summed E-state index contributed by atoms with van der Waals surface area (Å²) in [6.07, 6.45) is -0.670. The van der Waals surface area contributed by atoms with Crippen LogP contribution in [0.25, 0.3) is 0 Å². The third-order valence-corrected chi connectivity index (χ3v) is 4.05. The van der Waals surface area contributed by atoms with Crippen molar-refractivity contribution < 1.29 is 10.0 Å². The van der Waals surface area contributed by atoms with Crippen LogP contribution in [0, 0.1) is 10.1 Å². The van der Waals surface area contributed by atoms with Gasteiger partial charge < -0.3 is 5.11 Å². The van der Waals surface area contributed by atoms with Crippen LogP contribution in [0.5, 0.6) is 0 Å². The van der Waals surface area contributed by atoms with Crippen LogP contribution in [0.4, 0.5) is 5.69 Å². The summed E-state index contributed by atoms with van der Waals surface area (Å²) in [5, 5.41) is 21.3. The summed E-state index contributed by atoms with van der Waals surface area (Å²) in [5.74, 6) is 0.472. The molecule has 0 saturated heterocycles. The molecule has 1 N–H and O–H groups in total. The lowest BCUT2D eigenvalue weighted by molar-refractivity contribution is -0.384. The Morgan fingerprint density at radius 2 is 1.75 bits per heavy atom. The van der Waals surface area contributed by atoms with Crippen LogP contribution >= 0.6 is 23.4 Å². The lowest BCUT2D eigenvalue weighted by Gasteiger charge is -2.10. The molecule has 1 atom stereocenters. The average Bonchev–Trinajstić information content (AvgIpc) is 2.46. The Hall–Kier alpha value is -1.56. The Labute approximate surface area is 125 Å². The van der Waals surface area contributed by atoms with E-state index in [0.29, 0.717) is 16.3 Å². The highest BCUT2D eigenvalue weighted by Gasteiger charge is 2.11. The Balaban J connectivity index is 1.95. The second-order valence-corrected chi connectivity index (χ2v) is 5.66. The van der Waals surface area contributed by atoms with Crippen molar-refractivity contribution in [2.45, 2.75) is 11.0 Å². The van der Waals surface area contributed by atoms with E-state index in [1.54, 1.807) is 24.3 Å². The third kappa shape index (κ3) is 3.96. The Bertz CT molecular complexity index is 586. The fraction of sp³-hybridized carbons (Fsp3) is 0.143. The van der Waals surface area contributed by atoms with Gasteiger partial charge in [0.15, 0.2) is 0 Å². The number of nitro benzene ring substituents is 1. The zero-order valence-corrected chi connectivity index (χ0v) is 12.0. The molecule has 2 rings (SSSR count). The first-order valence-corrected chi connectivity index (χ1v) is 7.23. The molecule has 0 heterocycles. The maximum atomic E-state index is 10.5. The summed E-state index contributed by atoms with van der Waals surface area (Å²) in [4.78, 5) is 11.1. The zero-order chi connectivity index (χ0) is 14.5. The number of hydrogen-bond donors (Lipinski definition) is 1. The van der Waals surface area contributed by atoms with E-state index in [9.17, 15) is 15.2 Å². The zero-order valence-electron chi connectivity index (χ0n) is 10.4. The highest BCUT2D eigenvalue weighted by molar-refractivity contribution is 7.99. The Morgan fingerprint density at radius 3 is 2.30 bits per heavy atom. The first kappa shape index (κ1) is 14.8. The maximum absolute atomic E-state index is 10.5. The summed E-state index contributed by atoms with van der Waals surface area (Å²) >= 11 is 7.30. The fourth-order valence-corrected chi connectivity index (χ4v) is 2.62. The number of benzene rings is 2. The molecular weight excluding hydrogens is 298 g/mol. The number of non-ortho nitro benzene ring substituents is 1. The number of halogens is 1. The van der Waals surface area contributed by atoms with Gasteiger partial charge in [0.25, 0.3) is 5.69 Å². The SMILES string of the molecule is O=[N+]([O-])c1ccc(C(O)CSc2ccc(Cl)cc2)cc1. The summed E-state index contributed by atoms with van der Waals surface area (Å²) in [6.45, 7) is 0. The summed E-state index contributed by atoms with van der Waals surface area (Å²) in [6, 6.07) is 13.3. The van der Waals surface area contributed by atoms with E-state index in [2.05, 4.69) is 0 Å². The molecule has 0 aliphatic carbocycles. The molecule has 2 aromatic carbocycles. The maximum Gasteiger partial charge on any atom is 0.269 e. The molecule has 0 aliphatic rings. The first-order valence-electron chi connectivity index (χ1n) is 5.87. The van der Waals surface area contributed by atoms with E-state index in [1.807, 2.05) is 12.1 Å². The van der Waals surface area contributed by atoms with Crippen molar-refractivity contribution in [2.75, 3.05) is 5.75 Å². The highest BCUT2D eigenvalue weighted by Crippen LogP contribution is 2.26. The van der Waals surface area contributed by atoms with E-state index in [-0.39, 0.29) is 5.69 Å². The van der Waals surface area contributed by atoms with Crippen molar-refractivity contribution in [3.8, 4) is 0 Å². The van der Waals surface area contributed by atoms with Crippen molar-refractivity contribution in [1.29, 1.82) is 0 Å². The first-order chi connectivity index (χ1) is 9.56. The molecule has 0 aliphatic heterocycles. The minimum Gasteiger partial charge on any atom is -0.388 e.